The fourth-order valence-electron chi connectivity index (χ4n) is 2.30. The second kappa shape index (κ2) is 3.23. The molecule has 82 valence electrons. The summed E-state index contributed by atoms with van der Waals surface area (Å²) < 4.78 is 2.13. The maximum Gasteiger partial charge on any atom is 0.126 e. The summed E-state index contributed by atoms with van der Waals surface area (Å²) in [6, 6.07) is 2.52. The van der Waals surface area contributed by atoms with E-state index < -0.39 is 0 Å². The molecule has 4 heteroatoms. The van der Waals surface area contributed by atoms with Crippen LogP contribution in [0.4, 0.5) is 5.82 Å². The lowest BCUT2D eigenvalue weighted by atomic mass is 10.2. The van der Waals surface area contributed by atoms with Gasteiger partial charge in [0.2, 0.25) is 0 Å². The molecule has 0 spiro atoms. The molecule has 0 radical (unpaired) electrons. The molecule has 2 N–H and O–H groups in total. The Hall–Kier alpha value is -1.03. The van der Waals surface area contributed by atoms with E-state index in [1.54, 1.807) is 0 Å². The molecule has 0 amide bonds. The van der Waals surface area contributed by atoms with Gasteiger partial charge in [-0.3, -0.25) is 0 Å². The Morgan fingerprint density at radius 2 is 2.20 bits per heavy atom. The van der Waals surface area contributed by atoms with Crippen molar-refractivity contribution in [3.63, 3.8) is 0 Å². The van der Waals surface area contributed by atoms with Gasteiger partial charge in [-0.05, 0) is 19.3 Å². The number of nitrogens with two attached hydrogens (primary N) is 1. The Labute approximate surface area is 90.0 Å². The summed E-state index contributed by atoms with van der Waals surface area (Å²) in [6.45, 7) is 1.91. The Morgan fingerprint density at radius 3 is 2.93 bits per heavy atom. The molecule has 2 heterocycles. The van der Waals surface area contributed by atoms with Crippen LogP contribution in [0.15, 0.2) is 6.07 Å². The molecule has 1 aromatic rings. The molecule has 0 saturated heterocycles. The van der Waals surface area contributed by atoms with Crippen molar-refractivity contribution in [2.24, 2.45) is 5.73 Å². The van der Waals surface area contributed by atoms with Crippen LogP contribution in [0.5, 0.6) is 0 Å². The zero-order chi connectivity index (χ0) is 10.4. The maximum atomic E-state index is 5.99. The summed E-state index contributed by atoms with van der Waals surface area (Å²) in [6.07, 6.45) is 3.67. The highest BCUT2D eigenvalue weighted by atomic mass is 15.4. The predicted octanol–water partition coefficient (Wildman–Crippen LogP) is 0.928. The highest BCUT2D eigenvalue weighted by Gasteiger charge is 2.28. The van der Waals surface area contributed by atoms with Crippen LogP contribution in [0.25, 0.3) is 0 Å². The van der Waals surface area contributed by atoms with Gasteiger partial charge >= 0.3 is 0 Å². The quantitative estimate of drug-likeness (QED) is 0.743. The third-order valence-corrected chi connectivity index (χ3v) is 3.38. The lowest BCUT2D eigenvalue weighted by Crippen LogP contribution is -2.33. The van der Waals surface area contributed by atoms with Gasteiger partial charge in [-0.15, -0.1) is 0 Å². The normalized spacial score (nSPS) is 26.3. The van der Waals surface area contributed by atoms with Crippen LogP contribution in [0.3, 0.4) is 0 Å². The Kier molecular flexibility index (Phi) is 1.99. The average molecular weight is 206 g/mol. The van der Waals surface area contributed by atoms with Crippen molar-refractivity contribution < 1.29 is 0 Å². The molecule has 3 rings (SSSR count). The number of anilines is 1. The van der Waals surface area contributed by atoms with E-state index in [9.17, 15) is 0 Å². The SMILES string of the molecule is CN1CC(N)CCn2nc(C3CC3)cc21. The van der Waals surface area contributed by atoms with Gasteiger partial charge in [0.05, 0.1) is 5.69 Å². The molecule has 1 aliphatic carbocycles. The van der Waals surface area contributed by atoms with E-state index in [0.717, 1.165) is 25.4 Å². The van der Waals surface area contributed by atoms with Gasteiger partial charge in [0.15, 0.2) is 0 Å². The van der Waals surface area contributed by atoms with Crippen LogP contribution in [0.1, 0.15) is 30.9 Å². The highest BCUT2D eigenvalue weighted by Crippen LogP contribution is 2.40. The topological polar surface area (TPSA) is 47.1 Å². The molecular formula is C11H18N4. The van der Waals surface area contributed by atoms with Crippen molar-refractivity contribution in [3.05, 3.63) is 11.8 Å². The summed E-state index contributed by atoms with van der Waals surface area (Å²) in [5.41, 5.74) is 7.28. The first kappa shape index (κ1) is 9.21. The zero-order valence-corrected chi connectivity index (χ0v) is 9.19. The first-order chi connectivity index (χ1) is 7.24. The molecule has 2 aliphatic rings. The second-order valence-electron chi connectivity index (χ2n) is 4.85. The number of aryl methyl sites for hydroxylation is 1. The number of likely N-dealkylation sites (N-methyl/N-ethyl adjacent to an activating group) is 1. The van der Waals surface area contributed by atoms with E-state index in [4.69, 9.17) is 5.73 Å². The van der Waals surface area contributed by atoms with Gasteiger partial charge < -0.3 is 10.6 Å². The maximum absolute atomic E-state index is 5.99. The largest absolute Gasteiger partial charge is 0.358 e. The van der Waals surface area contributed by atoms with Crippen LogP contribution >= 0.6 is 0 Å². The minimum atomic E-state index is 0.279. The molecule has 4 nitrogen and oxygen atoms in total. The van der Waals surface area contributed by atoms with Crippen molar-refractivity contribution in [3.8, 4) is 0 Å². The van der Waals surface area contributed by atoms with E-state index in [2.05, 4.69) is 27.8 Å². The lowest BCUT2D eigenvalue weighted by molar-refractivity contribution is 0.542. The van der Waals surface area contributed by atoms with Gasteiger partial charge in [0.1, 0.15) is 5.82 Å². The molecule has 0 bridgehead atoms. The van der Waals surface area contributed by atoms with E-state index in [0.29, 0.717) is 0 Å². The number of rotatable bonds is 1. The van der Waals surface area contributed by atoms with Crippen LogP contribution in [-0.2, 0) is 6.54 Å². The van der Waals surface area contributed by atoms with Gasteiger partial charge in [-0.25, -0.2) is 4.68 Å². The Balaban J connectivity index is 1.92. The first-order valence-corrected chi connectivity index (χ1v) is 5.78. The summed E-state index contributed by atoms with van der Waals surface area (Å²) in [4.78, 5) is 2.23. The number of aromatic nitrogens is 2. The molecule has 1 fully saturated rings. The standard InChI is InChI=1S/C11H18N4/c1-14-7-9(12)4-5-15-11(14)6-10(13-15)8-2-3-8/h6,8-9H,2-5,7,12H2,1H3. The molecule has 0 aromatic carbocycles. The fourth-order valence-corrected chi connectivity index (χ4v) is 2.30. The molecule has 15 heavy (non-hydrogen) atoms. The average Bonchev–Trinajstić information content (AvgIpc) is 2.96. The van der Waals surface area contributed by atoms with Gasteiger partial charge in [-0.1, -0.05) is 0 Å². The van der Waals surface area contributed by atoms with Gasteiger partial charge in [-0.2, -0.15) is 5.10 Å². The van der Waals surface area contributed by atoms with Crippen molar-refractivity contribution in [2.45, 2.75) is 37.8 Å². The molecule has 1 saturated carbocycles. The smallest absolute Gasteiger partial charge is 0.126 e. The van der Waals surface area contributed by atoms with Crippen molar-refractivity contribution >= 4 is 5.82 Å². The predicted molar refractivity (Wildman–Crippen MR) is 60.1 cm³/mol. The van der Waals surface area contributed by atoms with Crippen LogP contribution < -0.4 is 10.6 Å². The minimum absolute atomic E-state index is 0.279. The number of hydrogen-bond acceptors (Lipinski definition) is 3. The van der Waals surface area contributed by atoms with Gasteiger partial charge in [0, 0.05) is 38.2 Å². The molecule has 1 aromatic heterocycles. The van der Waals surface area contributed by atoms with E-state index >= 15 is 0 Å². The third kappa shape index (κ3) is 1.63. The van der Waals surface area contributed by atoms with E-state index in [-0.39, 0.29) is 6.04 Å². The minimum Gasteiger partial charge on any atom is -0.358 e. The van der Waals surface area contributed by atoms with Crippen molar-refractivity contribution in [2.75, 3.05) is 18.5 Å². The number of hydrogen-bond donors (Lipinski definition) is 1. The monoisotopic (exact) mass is 206 g/mol. The van der Waals surface area contributed by atoms with E-state index in [1.807, 2.05) is 0 Å². The van der Waals surface area contributed by atoms with Crippen LogP contribution in [0.2, 0.25) is 0 Å². The fraction of sp³-hybridized carbons (Fsp3) is 0.727. The van der Waals surface area contributed by atoms with E-state index in [1.165, 1.54) is 24.4 Å². The highest BCUT2D eigenvalue weighted by molar-refractivity contribution is 5.42. The number of fused-ring (bicyclic) bond motifs is 1. The molecule has 1 unspecified atom stereocenters. The lowest BCUT2D eigenvalue weighted by Gasteiger charge is -2.18. The first-order valence-electron chi connectivity index (χ1n) is 5.78. The molecule has 1 atom stereocenters. The van der Waals surface area contributed by atoms with Gasteiger partial charge in [0.25, 0.3) is 0 Å². The molecular weight excluding hydrogens is 188 g/mol. The second-order valence-corrected chi connectivity index (χ2v) is 4.85. The van der Waals surface area contributed by atoms with Crippen molar-refractivity contribution in [1.29, 1.82) is 0 Å². The summed E-state index contributed by atoms with van der Waals surface area (Å²) in [5.74, 6) is 1.98. The Morgan fingerprint density at radius 1 is 1.40 bits per heavy atom. The van der Waals surface area contributed by atoms with Crippen LogP contribution in [-0.4, -0.2) is 29.4 Å². The zero-order valence-electron chi connectivity index (χ0n) is 9.19. The summed E-state index contributed by atoms with van der Waals surface area (Å²) in [5, 5.41) is 4.68. The Bertz CT molecular complexity index is 367. The van der Waals surface area contributed by atoms with Crippen LogP contribution in [0, 0.1) is 0 Å². The summed E-state index contributed by atoms with van der Waals surface area (Å²) >= 11 is 0. The molecule has 1 aliphatic heterocycles. The summed E-state index contributed by atoms with van der Waals surface area (Å²) in [7, 11) is 2.11. The third-order valence-electron chi connectivity index (χ3n) is 3.38. The van der Waals surface area contributed by atoms with Crippen molar-refractivity contribution in [1.82, 2.24) is 9.78 Å². The number of nitrogens with zero attached hydrogens (tertiary/aromatic N) is 3.